The molecule has 32 heavy (non-hydrogen) atoms. The molecule has 3 saturated heterocycles. The minimum absolute atomic E-state index is 0.0487. The molecule has 3 aliphatic heterocycles. The fraction of sp³-hybridized carbons (Fsp3) is 1.00. The van der Waals surface area contributed by atoms with Crippen molar-refractivity contribution in [2.24, 2.45) is 0 Å². The Morgan fingerprint density at radius 2 is 1.22 bits per heavy atom. The molecule has 0 unspecified atom stereocenters. The van der Waals surface area contributed by atoms with Crippen molar-refractivity contribution in [3.63, 3.8) is 0 Å². The maximum Gasteiger partial charge on any atom is 0.187 e. The Bertz CT molecular complexity index is 578. The summed E-state index contributed by atoms with van der Waals surface area (Å²) in [6.45, 7) is -2.00. The van der Waals surface area contributed by atoms with Gasteiger partial charge in [0, 0.05) is 6.42 Å². The van der Waals surface area contributed by atoms with Crippen LogP contribution in [0.2, 0.25) is 0 Å². The molecule has 3 fully saturated rings. The number of aliphatic hydroxyl groups excluding tert-OH is 9. The quantitative estimate of drug-likeness (QED) is 0.168. The highest BCUT2D eigenvalue weighted by Crippen LogP contribution is 2.31. The van der Waals surface area contributed by atoms with Gasteiger partial charge in [0.15, 0.2) is 12.6 Å². The van der Waals surface area contributed by atoms with Gasteiger partial charge in [0.1, 0.15) is 54.9 Å². The molecule has 14 nitrogen and oxygen atoms in total. The molecule has 188 valence electrons. The van der Waals surface area contributed by atoms with Crippen molar-refractivity contribution in [1.29, 1.82) is 0 Å². The summed E-state index contributed by atoms with van der Waals surface area (Å²) >= 11 is 0. The third kappa shape index (κ3) is 5.39. The van der Waals surface area contributed by atoms with Crippen molar-refractivity contribution in [2.75, 3.05) is 26.4 Å². The molecule has 13 atom stereocenters. The first-order valence-corrected chi connectivity index (χ1v) is 10.4. The van der Waals surface area contributed by atoms with Crippen molar-refractivity contribution in [3.05, 3.63) is 0 Å². The van der Waals surface area contributed by atoms with E-state index < -0.39 is 99.5 Å². The standard InChI is InChI=1S/C18H32O14/c19-2-6-1-7(22)12(25)17(29-6)32-16-10(4-21)30-18(14(27)13(16)26)31-15-9(3-20)28-5-8(23)11(15)24/h6-27H,1-5H2/t6-,7-,8-,9+,10+,11+,12+,13+,14+,15+,16+,17+,18+/m0/s1. The van der Waals surface area contributed by atoms with E-state index in [-0.39, 0.29) is 13.0 Å². The Morgan fingerprint density at radius 3 is 1.81 bits per heavy atom. The minimum atomic E-state index is -1.78. The van der Waals surface area contributed by atoms with Gasteiger partial charge < -0.3 is 69.6 Å². The zero-order valence-electron chi connectivity index (χ0n) is 17.1. The van der Waals surface area contributed by atoms with E-state index >= 15 is 0 Å². The highest BCUT2D eigenvalue weighted by molar-refractivity contribution is 4.94. The molecule has 0 radical (unpaired) electrons. The van der Waals surface area contributed by atoms with Crippen LogP contribution in [-0.4, -0.2) is 152 Å². The van der Waals surface area contributed by atoms with Crippen molar-refractivity contribution in [1.82, 2.24) is 0 Å². The predicted octanol–water partition coefficient (Wildman–Crippen LogP) is -5.86. The van der Waals surface area contributed by atoms with Gasteiger partial charge in [0.05, 0.1) is 38.6 Å². The van der Waals surface area contributed by atoms with Crippen molar-refractivity contribution < 1.29 is 69.6 Å². The second-order valence-corrected chi connectivity index (χ2v) is 8.12. The number of hydrogen-bond acceptors (Lipinski definition) is 14. The van der Waals surface area contributed by atoms with Gasteiger partial charge in [0.25, 0.3) is 0 Å². The molecule has 0 amide bonds. The average molecular weight is 472 g/mol. The fourth-order valence-electron chi connectivity index (χ4n) is 3.97. The van der Waals surface area contributed by atoms with Crippen LogP contribution in [0.3, 0.4) is 0 Å². The summed E-state index contributed by atoms with van der Waals surface area (Å²) in [4.78, 5) is 0. The molecule has 3 heterocycles. The molecule has 3 rings (SSSR count). The maximum atomic E-state index is 10.6. The smallest absolute Gasteiger partial charge is 0.187 e. The Hall–Kier alpha value is -0.560. The summed E-state index contributed by atoms with van der Waals surface area (Å²) in [6.07, 6.45) is -18.3. The van der Waals surface area contributed by atoms with Crippen molar-refractivity contribution >= 4 is 0 Å². The lowest BCUT2D eigenvalue weighted by molar-refractivity contribution is -0.365. The number of aliphatic hydroxyl groups is 9. The second-order valence-electron chi connectivity index (χ2n) is 8.12. The van der Waals surface area contributed by atoms with Gasteiger partial charge in [0.2, 0.25) is 0 Å². The highest BCUT2D eigenvalue weighted by Gasteiger charge is 2.51. The average Bonchev–Trinajstić information content (AvgIpc) is 2.78. The summed E-state index contributed by atoms with van der Waals surface area (Å²) in [7, 11) is 0. The van der Waals surface area contributed by atoms with Gasteiger partial charge in [-0.05, 0) is 0 Å². The van der Waals surface area contributed by atoms with Crippen LogP contribution in [0.5, 0.6) is 0 Å². The third-order valence-corrected chi connectivity index (χ3v) is 5.87. The predicted molar refractivity (Wildman–Crippen MR) is 98.7 cm³/mol. The Kier molecular flexibility index (Phi) is 9.15. The Morgan fingerprint density at radius 1 is 0.625 bits per heavy atom. The molecule has 0 aliphatic carbocycles. The molecule has 0 aromatic carbocycles. The van der Waals surface area contributed by atoms with Crippen LogP contribution in [0.4, 0.5) is 0 Å². The van der Waals surface area contributed by atoms with Gasteiger partial charge >= 0.3 is 0 Å². The van der Waals surface area contributed by atoms with E-state index in [1.807, 2.05) is 0 Å². The van der Waals surface area contributed by atoms with Crippen LogP contribution >= 0.6 is 0 Å². The minimum Gasteiger partial charge on any atom is -0.394 e. The summed E-state index contributed by atoms with van der Waals surface area (Å²) in [6, 6.07) is 0. The molecule has 0 saturated carbocycles. The normalized spacial score (nSPS) is 50.3. The molecule has 0 spiro atoms. The summed E-state index contributed by atoms with van der Waals surface area (Å²) in [5, 5.41) is 89.6. The molecule has 3 aliphatic rings. The lowest BCUT2D eigenvalue weighted by Gasteiger charge is -2.47. The molecule has 14 heteroatoms. The SMILES string of the molecule is OC[C@@H]1C[C@H](O)[C@@H](O)[C@@H](O[C@H]2[C@H](O)[C@@H](O)[C@@H](O[C@H]3[C@H](O)[C@@H](O)CO[C@@H]3CO)O[C@@H]2CO)O1. The highest BCUT2D eigenvalue weighted by atomic mass is 16.7. The monoisotopic (exact) mass is 472 g/mol. The third-order valence-electron chi connectivity index (χ3n) is 5.87. The Balaban J connectivity index is 1.70. The summed E-state index contributed by atoms with van der Waals surface area (Å²) in [5.74, 6) is 0. The zero-order valence-corrected chi connectivity index (χ0v) is 17.1. The zero-order chi connectivity index (χ0) is 23.6. The molecular weight excluding hydrogens is 440 g/mol. The lowest BCUT2D eigenvalue weighted by atomic mass is 9.97. The van der Waals surface area contributed by atoms with Gasteiger partial charge in [-0.1, -0.05) is 0 Å². The molecule has 0 aromatic heterocycles. The van der Waals surface area contributed by atoms with E-state index in [9.17, 15) is 46.0 Å². The molecular formula is C18H32O14. The first-order chi connectivity index (χ1) is 15.2. The van der Waals surface area contributed by atoms with E-state index in [0.717, 1.165) is 0 Å². The van der Waals surface area contributed by atoms with Crippen LogP contribution < -0.4 is 0 Å². The first-order valence-electron chi connectivity index (χ1n) is 10.4. The van der Waals surface area contributed by atoms with Crippen LogP contribution in [0.15, 0.2) is 0 Å². The fourth-order valence-corrected chi connectivity index (χ4v) is 3.97. The Labute approximate surface area is 183 Å². The van der Waals surface area contributed by atoms with Crippen molar-refractivity contribution in [2.45, 2.75) is 86.1 Å². The summed E-state index contributed by atoms with van der Waals surface area (Å²) in [5.41, 5.74) is 0. The van der Waals surface area contributed by atoms with Crippen molar-refractivity contribution in [3.8, 4) is 0 Å². The van der Waals surface area contributed by atoms with Crippen LogP contribution in [0.25, 0.3) is 0 Å². The molecule has 0 aromatic rings. The van der Waals surface area contributed by atoms with E-state index in [2.05, 4.69) is 0 Å². The lowest BCUT2D eigenvalue weighted by Crippen LogP contribution is -2.65. The molecule has 0 bridgehead atoms. The van der Waals surface area contributed by atoms with Gasteiger partial charge in [-0.15, -0.1) is 0 Å². The number of hydrogen-bond donors (Lipinski definition) is 9. The van der Waals surface area contributed by atoms with E-state index in [1.54, 1.807) is 0 Å². The van der Waals surface area contributed by atoms with E-state index in [4.69, 9.17) is 23.7 Å². The maximum absolute atomic E-state index is 10.6. The van der Waals surface area contributed by atoms with Crippen LogP contribution in [0.1, 0.15) is 6.42 Å². The molecule has 9 N–H and O–H groups in total. The number of rotatable bonds is 7. The largest absolute Gasteiger partial charge is 0.394 e. The van der Waals surface area contributed by atoms with E-state index in [0.29, 0.717) is 0 Å². The second kappa shape index (κ2) is 11.2. The first kappa shape index (κ1) is 26.1. The number of ether oxygens (including phenoxy) is 5. The summed E-state index contributed by atoms with van der Waals surface area (Å²) < 4.78 is 27.0. The van der Waals surface area contributed by atoms with Crippen LogP contribution in [0, 0.1) is 0 Å². The van der Waals surface area contributed by atoms with Gasteiger partial charge in [-0.2, -0.15) is 0 Å². The van der Waals surface area contributed by atoms with Gasteiger partial charge in [-0.25, -0.2) is 0 Å². The van der Waals surface area contributed by atoms with Crippen LogP contribution in [-0.2, 0) is 23.7 Å². The van der Waals surface area contributed by atoms with E-state index in [1.165, 1.54) is 0 Å². The van der Waals surface area contributed by atoms with Gasteiger partial charge in [-0.3, -0.25) is 0 Å². The topological polar surface area (TPSA) is 228 Å².